The average molecular weight is 122 g/mol. The Morgan fingerprint density at radius 2 is 2.44 bits per heavy atom. The van der Waals surface area contributed by atoms with Gasteiger partial charge in [-0.25, -0.2) is 0 Å². The first-order chi connectivity index (χ1) is 4.43. The number of nitriles is 1. The summed E-state index contributed by atoms with van der Waals surface area (Å²) in [5, 5.41) is 9.48. The molecule has 1 heterocycles. The first-order valence-corrected chi connectivity index (χ1v) is 2.59. The number of hydrogen-bond donors (Lipinski definition) is 0. The second-order valence-corrected chi connectivity index (χ2v) is 1.52. The van der Waals surface area contributed by atoms with Gasteiger partial charge in [0.25, 0.3) is 0 Å². The third-order valence-electron chi connectivity index (χ3n) is 0.897. The molecule has 9 heavy (non-hydrogen) atoms. The predicted octanol–water partition coefficient (Wildman–Crippen LogP) is 0.785. The van der Waals surface area contributed by atoms with Gasteiger partial charge in [0.05, 0.1) is 6.54 Å². The quantitative estimate of drug-likeness (QED) is 0.445. The number of nitrogens with zero attached hydrogens (tertiary/aromatic N) is 2. The highest BCUT2D eigenvalue weighted by molar-refractivity contribution is 5.03. The minimum Gasteiger partial charge on any atom is -0.378 e. The number of hydroxylamine groups is 2. The summed E-state index contributed by atoms with van der Waals surface area (Å²) in [6.45, 7) is 0.517. The molecule has 1 rings (SSSR count). The van der Waals surface area contributed by atoms with Crippen molar-refractivity contribution < 1.29 is 4.84 Å². The van der Waals surface area contributed by atoms with Crippen molar-refractivity contribution in [2.45, 2.75) is 0 Å². The summed E-state index contributed by atoms with van der Waals surface area (Å²) < 4.78 is 0. The zero-order chi connectivity index (χ0) is 6.53. The first-order valence-electron chi connectivity index (χ1n) is 2.59. The Kier molecular flexibility index (Phi) is 1.76. The van der Waals surface area contributed by atoms with Gasteiger partial charge in [-0.3, -0.25) is 0 Å². The Balaban J connectivity index is 2.53. The summed E-state index contributed by atoms with van der Waals surface area (Å²) >= 11 is 0. The summed E-state index contributed by atoms with van der Waals surface area (Å²) in [4.78, 5) is 4.78. The summed E-state index contributed by atoms with van der Waals surface area (Å²) in [6.07, 6.45) is 8.72. The third kappa shape index (κ3) is 1.50. The first kappa shape index (κ1) is 5.70. The molecule has 0 aromatic rings. The van der Waals surface area contributed by atoms with E-state index in [4.69, 9.17) is 10.1 Å². The van der Waals surface area contributed by atoms with Crippen molar-refractivity contribution in [1.82, 2.24) is 5.06 Å². The van der Waals surface area contributed by atoms with E-state index < -0.39 is 0 Å². The molecule has 3 nitrogen and oxygen atoms in total. The van der Waals surface area contributed by atoms with Crippen LogP contribution in [0.5, 0.6) is 0 Å². The lowest BCUT2D eigenvalue weighted by atomic mass is 10.5. The lowest BCUT2D eigenvalue weighted by molar-refractivity contribution is -0.0352. The monoisotopic (exact) mass is 122 g/mol. The van der Waals surface area contributed by atoms with Gasteiger partial charge in [-0.05, 0) is 6.08 Å². The molecule has 46 valence electrons. The predicted molar refractivity (Wildman–Crippen MR) is 31.7 cm³/mol. The fourth-order valence-electron chi connectivity index (χ4n) is 0.497. The van der Waals surface area contributed by atoms with Crippen LogP contribution in [0.3, 0.4) is 0 Å². The van der Waals surface area contributed by atoms with Crippen LogP contribution in [0, 0.1) is 11.5 Å². The van der Waals surface area contributed by atoms with Crippen LogP contribution < -0.4 is 0 Å². The molecule has 1 aliphatic heterocycles. The lowest BCUT2D eigenvalue weighted by Gasteiger charge is -2.07. The maximum atomic E-state index is 8.30. The van der Waals surface area contributed by atoms with Gasteiger partial charge in [0.15, 0.2) is 0 Å². The van der Waals surface area contributed by atoms with Crippen LogP contribution in [0.25, 0.3) is 0 Å². The van der Waals surface area contributed by atoms with Crippen LogP contribution in [-0.2, 0) is 4.84 Å². The van der Waals surface area contributed by atoms with E-state index in [0.29, 0.717) is 6.54 Å². The Morgan fingerprint density at radius 3 is 3.22 bits per heavy atom. The molecule has 0 saturated heterocycles. The van der Waals surface area contributed by atoms with Crippen LogP contribution in [0.2, 0.25) is 0 Å². The van der Waals surface area contributed by atoms with Crippen molar-refractivity contribution >= 4 is 0 Å². The molecular formula is C6H6N2O. The molecule has 0 amide bonds. The van der Waals surface area contributed by atoms with Crippen molar-refractivity contribution in [2.75, 3.05) is 6.54 Å². The third-order valence-corrected chi connectivity index (χ3v) is 0.897. The molecule has 0 unspecified atom stereocenters. The summed E-state index contributed by atoms with van der Waals surface area (Å²) in [6, 6.07) is 0. The van der Waals surface area contributed by atoms with Crippen molar-refractivity contribution in [1.29, 1.82) is 5.26 Å². The lowest BCUT2D eigenvalue weighted by Crippen LogP contribution is -2.13. The van der Waals surface area contributed by atoms with Crippen LogP contribution >= 0.6 is 0 Å². The van der Waals surface area contributed by atoms with E-state index in [9.17, 15) is 0 Å². The van der Waals surface area contributed by atoms with E-state index in [0.717, 1.165) is 0 Å². The SMILES string of the molecule is N#CN1CC=CC=CO1. The molecule has 0 aromatic heterocycles. The minimum atomic E-state index is 0.517. The van der Waals surface area contributed by atoms with Crippen molar-refractivity contribution in [3.8, 4) is 6.19 Å². The topological polar surface area (TPSA) is 36.3 Å². The van der Waals surface area contributed by atoms with Gasteiger partial charge >= 0.3 is 0 Å². The zero-order valence-electron chi connectivity index (χ0n) is 4.82. The fraction of sp³-hybridized carbons (Fsp3) is 0.167. The van der Waals surface area contributed by atoms with E-state index in [1.54, 1.807) is 6.08 Å². The van der Waals surface area contributed by atoms with Gasteiger partial charge in [-0.2, -0.15) is 5.26 Å². The van der Waals surface area contributed by atoms with Crippen LogP contribution in [-0.4, -0.2) is 11.6 Å². The maximum Gasteiger partial charge on any atom is 0.215 e. The van der Waals surface area contributed by atoms with E-state index in [2.05, 4.69) is 0 Å². The molecule has 0 spiro atoms. The fourth-order valence-corrected chi connectivity index (χ4v) is 0.497. The van der Waals surface area contributed by atoms with Crippen LogP contribution in [0.15, 0.2) is 24.5 Å². The number of hydrogen-bond acceptors (Lipinski definition) is 3. The Hall–Kier alpha value is -1.43. The Labute approximate surface area is 53.4 Å². The molecule has 0 atom stereocenters. The molecule has 0 bridgehead atoms. The molecule has 0 N–H and O–H groups in total. The maximum absolute atomic E-state index is 8.30. The summed E-state index contributed by atoms with van der Waals surface area (Å²) in [5.41, 5.74) is 0. The number of rotatable bonds is 0. The standard InChI is InChI=1S/C6H6N2O/c7-6-8-4-2-1-3-5-9-8/h1-3,5H,4H2. The second-order valence-electron chi connectivity index (χ2n) is 1.52. The molecule has 0 fully saturated rings. The van der Waals surface area contributed by atoms with Gasteiger partial charge in [0.2, 0.25) is 6.19 Å². The second kappa shape index (κ2) is 2.78. The van der Waals surface area contributed by atoms with E-state index in [-0.39, 0.29) is 0 Å². The molecular weight excluding hydrogens is 116 g/mol. The van der Waals surface area contributed by atoms with E-state index in [1.165, 1.54) is 11.3 Å². The normalized spacial score (nSPS) is 16.1. The molecule has 0 aromatic carbocycles. The molecule has 1 aliphatic rings. The van der Waals surface area contributed by atoms with Gasteiger partial charge in [0.1, 0.15) is 6.26 Å². The largest absolute Gasteiger partial charge is 0.378 e. The van der Waals surface area contributed by atoms with Crippen molar-refractivity contribution in [2.24, 2.45) is 0 Å². The summed E-state index contributed by atoms with van der Waals surface area (Å²) in [7, 11) is 0. The van der Waals surface area contributed by atoms with E-state index >= 15 is 0 Å². The Bertz CT molecular complexity index is 164. The van der Waals surface area contributed by atoms with Crippen LogP contribution in [0.1, 0.15) is 0 Å². The van der Waals surface area contributed by atoms with E-state index in [1.807, 2.05) is 18.3 Å². The van der Waals surface area contributed by atoms with Gasteiger partial charge in [0, 0.05) is 0 Å². The van der Waals surface area contributed by atoms with Crippen molar-refractivity contribution in [3.05, 3.63) is 24.5 Å². The zero-order valence-corrected chi connectivity index (χ0v) is 4.82. The summed E-state index contributed by atoms with van der Waals surface area (Å²) in [5.74, 6) is 0. The minimum absolute atomic E-state index is 0.517. The highest BCUT2D eigenvalue weighted by Crippen LogP contribution is 1.94. The van der Waals surface area contributed by atoms with Crippen molar-refractivity contribution in [3.63, 3.8) is 0 Å². The smallest absolute Gasteiger partial charge is 0.215 e. The molecule has 0 radical (unpaired) electrons. The number of allylic oxidation sites excluding steroid dienone is 2. The Morgan fingerprint density at radius 1 is 1.56 bits per heavy atom. The molecule has 0 saturated carbocycles. The average Bonchev–Trinajstić information content (AvgIpc) is 2.13. The highest BCUT2D eigenvalue weighted by atomic mass is 16.7. The van der Waals surface area contributed by atoms with Gasteiger partial charge in [-0.15, -0.1) is 5.06 Å². The highest BCUT2D eigenvalue weighted by Gasteiger charge is 1.96. The molecule has 3 heteroatoms. The van der Waals surface area contributed by atoms with Gasteiger partial charge < -0.3 is 4.84 Å². The van der Waals surface area contributed by atoms with Gasteiger partial charge in [-0.1, -0.05) is 12.2 Å². The molecule has 0 aliphatic carbocycles. The van der Waals surface area contributed by atoms with Crippen LogP contribution in [0.4, 0.5) is 0 Å².